The average Bonchev–Trinajstić information content (AvgIpc) is 2.15. The summed E-state index contributed by atoms with van der Waals surface area (Å²) in [5, 5.41) is 0. The first-order valence-corrected chi connectivity index (χ1v) is 6.75. The smallest absolute Gasteiger partial charge is 0.307 e. The SMILES string of the molecule is CC(C)(C)CCOC(=O)CC1(N)CCCCC1. The predicted octanol–water partition coefficient (Wildman–Crippen LogP) is 3.02. The van der Waals surface area contributed by atoms with Crippen LogP contribution in [0.5, 0.6) is 0 Å². The molecular weight excluding hydrogens is 214 g/mol. The van der Waals surface area contributed by atoms with E-state index >= 15 is 0 Å². The van der Waals surface area contributed by atoms with Crippen molar-refractivity contribution in [1.82, 2.24) is 0 Å². The Kier molecular flexibility index (Phi) is 4.99. The van der Waals surface area contributed by atoms with E-state index in [2.05, 4.69) is 20.8 Å². The highest BCUT2D eigenvalue weighted by atomic mass is 16.5. The first-order valence-electron chi connectivity index (χ1n) is 6.75. The van der Waals surface area contributed by atoms with Crippen LogP contribution in [0.4, 0.5) is 0 Å². The molecule has 2 N–H and O–H groups in total. The second-order valence-corrected chi connectivity index (χ2v) is 6.63. The molecule has 1 saturated carbocycles. The molecule has 0 unspecified atom stereocenters. The van der Waals surface area contributed by atoms with E-state index in [1.54, 1.807) is 0 Å². The minimum atomic E-state index is -0.295. The third-order valence-electron chi connectivity index (χ3n) is 3.46. The number of hydrogen-bond acceptors (Lipinski definition) is 3. The van der Waals surface area contributed by atoms with Gasteiger partial charge in [0, 0.05) is 5.54 Å². The Labute approximate surface area is 105 Å². The summed E-state index contributed by atoms with van der Waals surface area (Å²) in [7, 11) is 0. The fraction of sp³-hybridized carbons (Fsp3) is 0.929. The highest BCUT2D eigenvalue weighted by Crippen LogP contribution is 2.29. The van der Waals surface area contributed by atoms with Gasteiger partial charge in [-0.15, -0.1) is 0 Å². The second-order valence-electron chi connectivity index (χ2n) is 6.63. The zero-order chi connectivity index (χ0) is 12.9. The van der Waals surface area contributed by atoms with E-state index in [1.807, 2.05) is 0 Å². The van der Waals surface area contributed by atoms with Crippen LogP contribution in [0.3, 0.4) is 0 Å². The molecule has 0 spiro atoms. The van der Waals surface area contributed by atoms with Gasteiger partial charge in [-0.05, 0) is 24.7 Å². The van der Waals surface area contributed by atoms with Crippen LogP contribution in [0, 0.1) is 5.41 Å². The molecule has 0 amide bonds. The molecule has 3 nitrogen and oxygen atoms in total. The summed E-state index contributed by atoms with van der Waals surface area (Å²) in [6.07, 6.45) is 6.74. The van der Waals surface area contributed by atoms with Crippen LogP contribution < -0.4 is 5.73 Å². The van der Waals surface area contributed by atoms with Crippen LogP contribution in [0.1, 0.15) is 65.7 Å². The van der Waals surface area contributed by atoms with E-state index in [0.29, 0.717) is 13.0 Å². The number of carbonyl (C=O) groups excluding carboxylic acids is 1. The number of ether oxygens (including phenoxy) is 1. The summed E-state index contributed by atoms with van der Waals surface area (Å²) in [6, 6.07) is 0. The summed E-state index contributed by atoms with van der Waals surface area (Å²) in [5.41, 5.74) is 6.14. The van der Waals surface area contributed by atoms with E-state index < -0.39 is 0 Å². The molecule has 0 aromatic heterocycles. The molecule has 3 heteroatoms. The fourth-order valence-corrected chi connectivity index (χ4v) is 2.24. The van der Waals surface area contributed by atoms with E-state index in [9.17, 15) is 4.79 Å². The van der Waals surface area contributed by atoms with Crippen molar-refractivity contribution < 1.29 is 9.53 Å². The van der Waals surface area contributed by atoms with Crippen LogP contribution in [0.25, 0.3) is 0 Å². The van der Waals surface area contributed by atoms with Gasteiger partial charge in [0.25, 0.3) is 0 Å². The van der Waals surface area contributed by atoms with Crippen LogP contribution in [0.2, 0.25) is 0 Å². The van der Waals surface area contributed by atoms with Crippen molar-refractivity contribution in [1.29, 1.82) is 0 Å². The lowest BCUT2D eigenvalue weighted by Gasteiger charge is -2.32. The molecule has 0 aromatic rings. The molecular formula is C14H27NO2. The van der Waals surface area contributed by atoms with Crippen LogP contribution >= 0.6 is 0 Å². The number of rotatable bonds is 4. The Morgan fingerprint density at radius 2 is 1.82 bits per heavy atom. The molecule has 0 bridgehead atoms. The molecule has 0 radical (unpaired) electrons. The van der Waals surface area contributed by atoms with Crippen molar-refractivity contribution in [2.75, 3.05) is 6.61 Å². The molecule has 1 aliphatic carbocycles. The number of nitrogens with two attached hydrogens (primary N) is 1. The lowest BCUT2D eigenvalue weighted by Crippen LogP contribution is -2.44. The highest BCUT2D eigenvalue weighted by molar-refractivity contribution is 5.70. The lowest BCUT2D eigenvalue weighted by atomic mass is 9.80. The van der Waals surface area contributed by atoms with Crippen molar-refractivity contribution in [2.24, 2.45) is 11.1 Å². The number of carbonyl (C=O) groups is 1. The largest absolute Gasteiger partial charge is 0.466 e. The quantitative estimate of drug-likeness (QED) is 0.770. The van der Waals surface area contributed by atoms with E-state index in [0.717, 1.165) is 32.1 Å². The molecule has 0 heterocycles. The molecule has 1 fully saturated rings. The topological polar surface area (TPSA) is 52.3 Å². The predicted molar refractivity (Wildman–Crippen MR) is 69.7 cm³/mol. The van der Waals surface area contributed by atoms with Gasteiger partial charge in [-0.2, -0.15) is 0 Å². The van der Waals surface area contributed by atoms with Crippen molar-refractivity contribution >= 4 is 5.97 Å². The van der Waals surface area contributed by atoms with Gasteiger partial charge in [-0.25, -0.2) is 0 Å². The first-order chi connectivity index (χ1) is 7.81. The Balaban J connectivity index is 2.24. The zero-order valence-corrected chi connectivity index (χ0v) is 11.6. The van der Waals surface area contributed by atoms with Crippen LogP contribution in [-0.2, 0) is 9.53 Å². The Hall–Kier alpha value is -0.570. The Morgan fingerprint density at radius 1 is 1.24 bits per heavy atom. The number of hydrogen-bond donors (Lipinski definition) is 1. The average molecular weight is 241 g/mol. The summed E-state index contributed by atoms with van der Waals surface area (Å²) in [5.74, 6) is -0.126. The van der Waals surface area contributed by atoms with Crippen LogP contribution in [-0.4, -0.2) is 18.1 Å². The minimum absolute atomic E-state index is 0.126. The molecule has 17 heavy (non-hydrogen) atoms. The lowest BCUT2D eigenvalue weighted by molar-refractivity contribution is -0.146. The van der Waals surface area contributed by atoms with E-state index in [4.69, 9.17) is 10.5 Å². The van der Waals surface area contributed by atoms with Crippen molar-refractivity contribution in [3.8, 4) is 0 Å². The van der Waals surface area contributed by atoms with Gasteiger partial charge in [-0.3, -0.25) is 4.79 Å². The Morgan fingerprint density at radius 3 is 2.35 bits per heavy atom. The van der Waals surface area contributed by atoms with Gasteiger partial charge in [0.15, 0.2) is 0 Å². The molecule has 0 aliphatic heterocycles. The third-order valence-corrected chi connectivity index (χ3v) is 3.46. The van der Waals surface area contributed by atoms with Gasteiger partial charge in [0.1, 0.15) is 0 Å². The maximum absolute atomic E-state index is 11.7. The summed E-state index contributed by atoms with van der Waals surface area (Å²) in [6.45, 7) is 6.95. The monoisotopic (exact) mass is 241 g/mol. The normalized spacial score (nSPS) is 20.0. The van der Waals surface area contributed by atoms with Gasteiger partial charge in [0.2, 0.25) is 0 Å². The van der Waals surface area contributed by atoms with Gasteiger partial charge >= 0.3 is 5.97 Å². The molecule has 0 aromatic carbocycles. The molecule has 0 saturated heterocycles. The van der Waals surface area contributed by atoms with Crippen molar-refractivity contribution in [2.45, 2.75) is 71.3 Å². The summed E-state index contributed by atoms with van der Waals surface area (Å²) >= 11 is 0. The van der Waals surface area contributed by atoms with Gasteiger partial charge < -0.3 is 10.5 Å². The second kappa shape index (κ2) is 5.85. The molecule has 1 rings (SSSR count). The fourth-order valence-electron chi connectivity index (χ4n) is 2.24. The molecule has 0 atom stereocenters. The van der Waals surface area contributed by atoms with E-state index in [-0.39, 0.29) is 16.9 Å². The van der Waals surface area contributed by atoms with E-state index in [1.165, 1.54) is 6.42 Å². The minimum Gasteiger partial charge on any atom is -0.466 e. The third kappa shape index (κ3) is 6.06. The van der Waals surface area contributed by atoms with Crippen molar-refractivity contribution in [3.63, 3.8) is 0 Å². The van der Waals surface area contributed by atoms with Gasteiger partial charge in [0.05, 0.1) is 13.0 Å². The Bertz CT molecular complexity index is 249. The summed E-state index contributed by atoms with van der Waals surface area (Å²) in [4.78, 5) is 11.7. The maximum Gasteiger partial charge on any atom is 0.307 e. The molecule has 100 valence electrons. The molecule has 1 aliphatic rings. The maximum atomic E-state index is 11.7. The number of esters is 1. The standard InChI is InChI=1S/C14H27NO2/c1-13(2,3)9-10-17-12(16)11-14(15)7-5-4-6-8-14/h4-11,15H2,1-3H3. The van der Waals surface area contributed by atoms with Crippen LogP contribution in [0.15, 0.2) is 0 Å². The zero-order valence-electron chi connectivity index (χ0n) is 11.6. The first kappa shape index (κ1) is 14.5. The van der Waals surface area contributed by atoms with Gasteiger partial charge in [-0.1, -0.05) is 40.0 Å². The van der Waals surface area contributed by atoms with Crippen molar-refractivity contribution in [3.05, 3.63) is 0 Å². The summed E-state index contributed by atoms with van der Waals surface area (Å²) < 4.78 is 5.27. The highest BCUT2D eigenvalue weighted by Gasteiger charge is 2.30.